The molecule has 0 radical (unpaired) electrons. The average Bonchev–Trinajstić information content (AvgIpc) is 2.82. The van der Waals surface area contributed by atoms with Crippen LogP contribution >= 0.6 is 23.2 Å². The Morgan fingerprint density at radius 1 is 0.886 bits per heavy atom. The van der Waals surface area contributed by atoms with Crippen LogP contribution < -0.4 is 0 Å². The van der Waals surface area contributed by atoms with Gasteiger partial charge in [0.05, 0.1) is 45.8 Å². The quantitative estimate of drug-likeness (QED) is 0.428. The van der Waals surface area contributed by atoms with Gasteiger partial charge in [-0.05, 0) is 24.1 Å². The second-order valence-corrected chi connectivity index (χ2v) is 9.09. The predicted molar refractivity (Wildman–Crippen MR) is 120 cm³/mol. The van der Waals surface area contributed by atoms with Crippen LogP contribution in [0.15, 0.2) is 29.5 Å². The highest BCUT2D eigenvalue weighted by Crippen LogP contribution is 2.60. The molecular formula is C23H24Cl2O10. The van der Waals surface area contributed by atoms with Crippen LogP contribution in [-0.4, -0.2) is 68.1 Å². The second-order valence-electron chi connectivity index (χ2n) is 8.25. The van der Waals surface area contributed by atoms with Crippen molar-refractivity contribution in [3.05, 3.63) is 45.1 Å². The van der Waals surface area contributed by atoms with E-state index in [1.165, 1.54) is 18.2 Å². The number of carbonyl (C=O) groups is 4. The number of carbonyl (C=O) groups excluding carboxylic acids is 4. The van der Waals surface area contributed by atoms with Crippen molar-refractivity contribution in [2.45, 2.75) is 17.9 Å². The number of halogens is 2. The molecule has 1 unspecified atom stereocenters. The van der Waals surface area contributed by atoms with Crippen LogP contribution in [0.3, 0.4) is 0 Å². The topological polar surface area (TPSA) is 146 Å². The Kier molecular flexibility index (Phi) is 7.68. The highest BCUT2D eigenvalue weighted by molar-refractivity contribution is 6.35. The van der Waals surface area contributed by atoms with E-state index in [1.54, 1.807) is 0 Å². The maximum Gasteiger partial charge on any atom is 0.337 e. The van der Waals surface area contributed by atoms with Crippen molar-refractivity contribution in [2.24, 2.45) is 23.7 Å². The molecule has 6 atom stereocenters. The molecule has 1 saturated carbocycles. The molecule has 1 aromatic rings. The minimum Gasteiger partial charge on any atom is -0.511 e. The van der Waals surface area contributed by atoms with Crippen LogP contribution in [0.25, 0.3) is 0 Å². The summed E-state index contributed by atoms with van der Waals surface area (Å²) in [4.78, 5) is 51.9. The summed E-state index contributed by atoms with van der Waals surface area (Å²) in [5.74, 6) is -12.6. The van der Waals surface area contributed by atoms with E-state index < -0.39 is 70.4 Å². The Hall–Kier alpha value is -2.82. The Bertz CT molecular complexity index is 1100. The van der Waals surface area contributed by atoms with Gasteiger partial charge in [0.1, 0.15) is 17.3 Å². The van der Waals surface area contributed by atoms with Crippen molar-refractivity contribution in [1.82, 2.24) is 0 Å². The monoisotopic (exact) mass is 530 g/mol. The minimum atomic E-state index is -2.63. The van der Waals surface area contributed by atoms with Gasteiger partial charge in [0.15, 0.2) is 0 Å². The van der Waals surface area contributed by atoms with Crippen LogP contribution in [0, 0.1) is 23.7 Å². The van der Waals surface area contributed by atoms with E-state index >= 15 is 0 Å². The molecule has 1 fully saturated rings. The molecule has 2 aliphatic rings. The van der Waals surface area contributed by atoms with Gasteiger partial charge in [-0.25, -0.2) is 4.79 Å². The van der Waals surface area contributed by atoms with Crippen molar-refractivity contribution in [3.8, 4) is 0 Å². The van der Waals surface area contributed by atoms with E-state index in [4.69, 9.17) is 42.1 Å². The lowest BCUT2D eigenvalue weighted by Crippen LogP contribution is -2.68. The standard InChI is InChI=1S/C23H24Cl2O10/c1-32-19(27)14-12-8-11(10-6-5-9(24)7-13(10)25)15(20(28)33-2)23(31,16(12)21(29)34-3)17(18(14)26)22(30)35-4/h5-7,11-12,15-17,26,31H,8H2,1-4H3/t11-,12-,15-,16-,17?,23+/m0/s1. The third-order valence-electron chi connectivity index (χ3n) is 6.81. The molecule has 1 aromatic carbocycles. The van der Waals surface area contributed by atoms with Gasteiger partial charge in [0.25, 0.3) is 0 Å². The summed E-state index contributed by atoms with van der Waals surface area (Å²) in [5.41, 5.74) is -2.71. The van der Waals surface area contributed by atoms with Crippen molar-refractivity contribution in [2.75, 3.05) is 28.4 Å². The van der Waals surface area contributed by atoms with Gasteiger partial charge in [0, 0.05) is 21.9 Å². The van der Waals surface area contributed by atoms with E-state index in [0.717, 1.165) is 28.4 Å². The number of aliphatic hydroxyl groups is 2. The molecule has 3 rings (SSSR count). The number of esters is 4. The van der Waals surface area contributed by atoms with Crippen molar-refractivity contribution >= 4 is 47.1 Å². The highest BCUT2D eigenvalue weighted by atomic mass is 35.5. The first-order valence-electron chi connectivity index (χ1n) is 10.4. The fourth-order valence-electron chi connectivity index (χ4n) is 5.44. The van der Waals surface area contributed by atoms with E-state index in [2.05, 4.69) is 0 Å². The molecule has 0 amide bonds. The number of benzene rings is 1. The zero-order valence-electron chi connectivity index (χ0n) is 19.2. The van der Waals surface area contributed by atoms with Crippen LogP contribution in [0.2, 0.25) is 10.0 Å². The summed E-state index contributed by atoms with van der Waals surface area (Å²) in [5, 5.41) is 23.7. The Labute approximate surface area is 210 Å². The normalized spacial score (nSPS) is 29.7. The van der Waals surface area contributed by atoms with Gasteiger partial charge in [-0.3, -0.25) is 14.4 Å². The van der Waals surface area contributed by atoms with Crippen LogP contribution in [0.4, 0.5) is 0 Å². The van der Waals surface area contributed by atoms with E-state index in [1.807, 2.05) is 0 Å². The van der Waals surface area contributed by atoms with Gasteiger partial charge in [-0.2, -0.15) is 0 Å². The summed E-state index contributed by atoms with van der Waals surface area (Å²) in [6.45, 7) is 0. The third-order valence-corrected chi connectivity index (χ3v) is 7.37. The summed E-state index contributed by atoms with van der Waals surface area (Å²) in [6.07, 6.45) is -0.147. The maximum atomic E-state index is 13.2. The van der Waals surface area contributed by atoms with Crippen molar-refractivity contribution in [3.63, 3.8) is 0 Å². The van der Waals surface area contributed by atoms with Gasteiger partial charge in [0.2, 0.25) is 0 Å². The first-order chi connectivity index (χ1) is 16.5. The number of aliphatic hydroxyl groups excluding tert-OH is 1. The van der Waals surface area contributed by atoms with Gasteiger partial charge in [-0.1, -0.05) is 29.3 Å². The molecular weight excluding hydrogens is 507 g/mol. The Morgan fingerprint density at radius 3 is 1.91 bits per heavy atom. The zero-order valence-corrected chi connectivity index (χ0v) is 20.8. The Balaban J connectivity index is 2.43. The first-order valence-corrected chi connectivity index (χ1v) is 11.2. The predicted octanol–water partition coefficient (Wildman–Crippen LogP) is 2.19. The lowest BCUT2D eigenvalue weighted by molar-refractivity contribution is -0.208. The second kappa shape index (κ2) is 10.0. The SMILES string of the molecule is COC(=O)C1=C(O)C(C(=O)OC)[C@]2(O)[C@H](C(=O)OC)[C@H]1C[C@@H](c1ccc(Cl)cc1Cl)[C@H]2C(=O)OC. The molecule has 0 aliphatic heterocycles. The average molecular weight is 531 g/mol. The van der Waals surface area contributed by atoms with E-state index in [9.17, 15) is 29.4 Å². The van der Waals surface area contributed by atoms with Crippen LogP contribution in [-0.2, 0) is 38.1 Å². The molecule has 35 heavy (non-hydrogen) atoms. The van der Waals surface area contributed by atoms with E-state index in [-0.39, 0.29) is 11.4 Å². The zero-order chi connectivity index (χ0) is 26.2. The number of ether oxygens (including phenoxy) is 4. The lowest BCUT2D eigenvalue weighted by atomic mass is 9.49. The molecule has 0 aromatic heterocycles. The fraction of sp³-hybridized carbons (Fsp3) is 0.478. The molecule has 10 nitrogen and oxygen atoms in total. The van der Waals surface area contributed by atoms with Gasteiger partial charge in [-0.15, -0.1) is 0 Å². The number of hydrogen-bond donors (Lipinski definition) is 2. The third kappa shape index (κ3) is 4.13. The van der Waals surface area contributed by atoms with Crippen molar-refractivity contribution in [1.29, 1.82) is 0 Å². The van der Waals surface area contributed by atoms with Crippen molar-refractivity contribution < 1.29 is 48.3 Å². The number of fused-ring (bicyclic) bond motifs is 2. The summed E-state index contributed by atoms with van der Waals surface area (Å²) in [7, 11) is 4.15. The molecule has 2 aliphatic carbocycles. The maximum absolute atomic E-state index is 13.2. The number of hydrogen-bond acceptors (Lipinski definition) is 10. The summed E-state index contributed by atoms with van der Waals surface area (Å²) >= 11 is 12.5. The number of methoxy groups -OCH3 is 4. The fourth-order valence-corrected chi connectivity index (χ4v) is 5.99. The number of rotatable bonds is 5. The molecule has 0 heterocycles. The largest absolute Gasteiger partial charge is 0.511 e. The van der Waals surface area contributed by atoms with Crippen LogP contribution in [0.1, 0.15) is 17.9 Å². The summed E-state index contributed by atoms with van der Waals surface area (Å²) < 4.78 is 19.4. The van der Waals surface area contributed by atoms with Crippen LogP contribution in [0.5, 0.6) is 0 Å². The lowest BCUT2D eigenvalue weighted by Gasteiger charge is -2.55. The highest BCUT2D eigenvalue weighted by Gasteiger charge is 2.71. The van der Waals surface area contributed by atoms with Gasteiger partial charge >= 0.3 is 23.9 Å². The molecule has 190 valence electrons. The molecule has 0 spiro atoms. The molecule has 2 N–H and O–H groups in total. The molecule has 12 heteroatoms. The Morgan fingerprint density at radius 2 is 1.43 bits per heavy atom. The smallest absolute Gasteiger partial charge is 0.337 e. The molecule has 2 bridgehead atoms. The first kappa shape index (κ1) is 26.8. The van der Waals surface area contributed by atoms with Gasteiger partial charge < -0.3 is 29.2 Å². The van der Waals surface area contributed by atoms with E-state index in [0.29, 0.717) is 10.6 Å². The molecule has 0 saturated heterocycles. The summed E-state index contributed by atoms with van der Waals surface area (Å²) in [6, 6.07) is 4.46. The minimum absolute atomic E-state index is 0.136.